The highest BCUT2D eigenvalue weighted by Gasteiger charge is 2.52. The molecule has 220 valence electrons. The summed E-state index contributed by atoms with van der Waals surface area (Å²) in [5.41, 5.74) is -1.78. The van der Waals surface area contributed by atoms with E-state index in [2.05, 4.69) is 20.6 Å². The van der Waals surface area contributed by atoms with Crippen LogP contribution in [0.5, 0.6) is 0 Å². The molecular weight excluding hydrogens is 586 g/mol. The summed E-state index contributed by atoms with van der Waals surface area (Å²) in [6, 6.07) is -0.386. The Morgan fingerprint density at radius 2 is 1.78 bits per heavy atom. The molecule has 0 unspecified atom stereocenters. The highest BCUT2D eigenvalue weighted by atomic mass is 32.1. The monoisotopic (exact) mass is 606 g/mol. The van der Waals surface area contributed by atoms with Gasteiger partial charge in [0.15, 0.2) is 18.0 Å². The van der Waals surface area contributed by atoms with Gasteiger partial charge in [-0.3, -0.25) is 14.5 Å². The normalized spacial score (nSPS) is 17.6. The number of likely N-dealkylation sites (N-methyl/N-ethyl adjacent to an activating group) is 1. The number of carbonyl (C=O) groups excluding carboxylic acids is 3. The van der Waals surface area contributed by atoms with E-state index < -0.39 is 65.2 Å². The molecule has 11 nitrogen and oxygen atoms in total. The lowest BCUT2D eigenvalue weighted by Gasteiger charge is -2.22. The van der Waals surface area contributed by atoms with E-state index >= 15 is 0 Å². The zero-order chi connectivity index (χ0) is 30.1. The zero-order valence-corrected chi connectivity index (χ0v) is 21.9. The second kappa shape index (κ2) is 11.4. The number of benzene rings is 1. The predicted octanol–water partition coefficient (Wildman–Crippen LogP) is 2.78. The van der Waals surface area contributed by atoms with Gasteiger partial charge in [-0.2, -0.15) is 26.3 Å². The number of rotatable bonds is 9. The Morgan fingerprint density at radius 1 is 1.12 bits per heavy atom. The second-order valence-electron chi connectivity index (χ2n) is 8.66. The Kier molecular flexibility index (Phi) is 8.34. The van der Waals surface area contributed by atoms with Crippen molar-refractivity contribution in [2.24, 2.45) is 0 Å². The Labute approximate surface area is 231 Å². The van der Waals surface area contributed by atoms with E-state index in [9.17, 15) is 40.7 Å². The fourth-order valence-electron chi connectivity index (χ4n) is 3.67. The van der Waals surface area contributed by atoms with Gasteiger partial charge in [-0.1, -0.05) is 5.21 Å². The molecule has 3 atom stereocenters. The molecule has 3 aromatic rings. The number of anilines is 1. The number of alkyl halides is 6. The summed E-state index contributed by atoms with van der Waals surface area (Å²) in [6.07, 6.45) is -11.6. The van der Waals surface area contributed by atoms with Crippen LogP contribution in [0.4, 0.5) is 32.2 Å². The van der Waals surface area contributed by atoms with Crippen molar-refractivity contribution in [2.45, 2.75) is 43.9 Å². The van der Waals surface area contributed by atoms with Crippen LogP contribution in [0.25, 0.3) is 5.69 Å². The summed E-state index contributed by atoms with van der Waals surface area (Å²) in [5.74, 6) is -2.54. The van der Waals surface area contributed by atoms with Crippen molar-refractivity contribution < 1.29 is 50.2 Å². The van der Waals surface area contributed by atoms with Crippen molar-refractivity contribution in [3.63, 3.8) is 0 Å². The number of aromatic nitrogens is 4. The largest absolute Gasteiger partial charge is 0.464 e. The van der Waals surface area contributed by atoms with Gasteiger partial charge in [0, 0.05) is 18.8 Å². The van der Waals surface area contributed by atoms with Crippen LogP contribution in [0.2, 0.25) is 0 Å². The molecule has 2 amide bonds. The van der Waals surface area contributed by atoms with Crippen LogP contribution >= 0.6 is 11.3 Å². The minimum atomic E-state index is -5.08. The molecule has 3 heterocycles. The molecule has 1 saturated heterocycles. The van der Waals surface area contributed by atoms with Crippen LogP contribution < -0.4 is 10.2 Å². The number of nitrogens with one attached hydrogen (secondary N) is 1. The molecule has 0 radical (unpaired) electrons. The lowest BCUT2D eigenvalue weighted by molar-refractivity contribution is -0.145. The van der Waals surface area contributed by atoms with E-state index in [0.717, 1.165) is 11.1 Å². The molecule has 4 rings (SSSR count). The van der Waals surface area contributed by atoms with Crippen LogP contribution in [-0.2, 0) is 42.6 Å². The van der Waals surface area contributed by atoms with Gasteiger partial charge in [-0.25, -0.2) is 14.5 Å². The maximum absolute atomic E-state index is 13.4. The molecule has 1 aromatic carbocycles. The van der Waals surface area contributed by atoms with Gasteiger partial charge in [0.05, 0.1) is 40.8 Å². The van der Waals surface area contributed by atoms with E-state index in [0.29, 0.717) is 22.5 Å². The fraction of sp³-hybridized carbons (Fsp3) is 0.391. The van der Waals surface area contributed by atoms with Gasteiger partial charge in [-0.05, 0) is 25.1 Å². The molecule has 1 N–H and O–H groups in total. The first-order chi connectivity index (χ1) is 19.2. The van der Waals surface area contributed by atoms with E-state index in [4.69, 9.17) is 9.47 Å². The number of halogens is 6. The Bertz CT molecular complexity index is 1390. The summed E-state index contributed by atoms with van der Waals surface area (Å²) in [6.45, 7) is 1.65. The number of ether oxygens (including phenoxy) is 2. The molecule has 0 bridgehead atoms. The van der Waals surface area contributed by atoms with Crippen LogP contribution in [0, 0.1) is 0 Å². The van der Waals surface area contributed by atoms with Crippen molar-refractivity contribution in [1.29, 1.82) is 0 Å². The third-order valence-electron chi connectivity index (χ3n) is 5.77. The zero-order valence-electron chi connectivity index (χ0n) is 21.1. The molecule has 0 aliphatic carbocycles. The topological polar surface area (TPSA) is 132 Å². The maximum atomic E-state index is 13.4. The van der Waals surface area contributed by atoms with Crippen LogP contribution in [0.1, 0.15) is 23.7 Å². The van der Waals surface area contributed by atoms with E-state index in [1.807, 2.05) is 0 Å². The summed E-state index contributed by atoms with van der Waals surface area (Å²) < 4.78 is 90.1. The van der Waals surface area contributed by atoms with Gasteiger partial charge in [-0.15, -0.1) is 16.4 Å². The second-order valence-corrected chi connectivity index (χ2v) is 9.38. The number of thiazole rings is 1. The first kappa shape index (κ1) is 29.9. The van der Waals surface area contributed by atoms with E-state index in [1.165, 1.54) is 23.9 Å². The van der Waals surface area contributed by atoms with Crippen molar-refractivity contribution >= 4 is 34.9 Å². The molecule has 1 aliphatic rings. The van der Waals surface area contributed by atoms with Crippen molar-refractivity contribution in [3.05, 3.63) is 52.1 Å². The molecule has 1 aliphatic heterocycles. The van der Waals surface area contributed by atoms with Gasteiger partial charge < -0.3 is 14.8 Å². The number of epoxide rings is 1. The van der Waals surface area contributed by atoms with E-state index in [1.54, 1.807) is 12.3 Å². The quantitative estimate of drug-likeness (QED) is 0.224. The maximum Gasteiger partial charge on any atom is 0.416 e. The molecule has 18 heteroatoms. The molecule has 2 aromatic heterocycles. The predicted molar refractivity (Wildman–Crippen MR) is 128 cm³/mol. The molecule has 1 fully saturated rings. The number of hydrogen-bond acceptors (Lipinski definition) is 9. The Hall–Kier alpha value is -4.06. The minimum Gasteiger partial charge on any atom is -0.464 e. The molecular formula is C23H20F6N6O5S. The summed E-state index contributed by atoms with van der Waals surface area (Å²) in [5, 5.41) is 11.4. The SMILES string of the molecule is CCOC(=O)[C@H]1O[C@@H]1C(=O)N[C@@H](Cc1cscn1)C(=O)N(C)c1cn(-c2cc(C(F)(F)F)cc(C(F)(F)F)c2)nn1. The lowest BCUT2D eigenvalue weighted by Crippen LogP contribution is -2.50. The number of nitrogens with zero attached hydrogens (tertiary/aromatic N) is 5. The average molecular weight is 607 g/mol. The van der Waals surface area contributed by atoms with Crippen LogP contribution in [-0.4, -0.2) is 69.7 Å². The Balaban J connectivity index is 1.56. The van der Waals surface area contributed by atoms with Crippen molar-refractivity contribution in [2.75, 3.05) is 18.6 Å². The van der Waals surface area contributed by atoms with Gasteiger partial charge >= 0.3 is 18.3 Å². The summed E-state index contributed by atoms with van der Waals surface area (Å²) in [4.78, 5) is 42.9. The standard InChI is InChI=1S/C23H20F6N6O5S/c1-3-39-21(38)18-17(40-18)19(36)31-15(7-13-9-41-10-30-13)20(37)34(2)16-8-35(33-32-16)14-5-11(22(24,25)26)4-12(6-14)23(27,28)29/h4-6,8-10,15,17-18H,3,7H2,1-2H3,(H,31,36)/t15-,17-,18-/m0/s1. The number of carbonyl (C=O) groups is 3. The first-order valence-corrected chi connectivity index (χ1v) is 12.6. The van der Waals surface area contributed by atoms with Crippen LogP contribution in [0.3, 0.4) is 0 Å². The average Bonchev–Trinajstić information content (AvgIpc) is 3.28. The third-order valence-corrected chi connectivity index (χ3v) is 6.41. The summed E-state index contributed by atoms with van der Waals surface area (Å²) in [7, 11) is 1.22. The highest BCUT2D eigenvalue weighted by molar-refractivity contribution is 7.07. The molecule has 0 spiro atoms. The first-order valence-electron chi connectivity index (χ1n) is 11.7. The van der Waals surface area contributed by atoms with Gasteiger partial charge in [0.2, 0.25) is 0 Å². The number of amides is 2. The minimum absolute atomic E-state index is 0.0289. The molecule has 41 heavy (non-hydrogen) atoms. The number of hydrogen-bond donors (Lipinski definition) is 1. The van der Waals surface area contributed by atoms with Crippen LogP contribution in [0.15, 0.2) is 35.3 Å². The Morgan fingerprint density at radius 3 is 2.34 bits per heavy atom. The van der Waals surface area contributed by atoms with E-state index in [-0.39, 0.29) is 24.9 Å². The molecule has 0 saturated carbocycles. The summed E-state index contributed by atoms with van der Waals surface area (Å²) >= 11 is 1.23. The number of esters is 1. The van der Waals surface area contributed by atoms with Gasteiger partial charge in [0.1, 0.15) is 6.04 Å². The fourth-order valence-corrected chi connectivity index (χ4v) is 4.24. The third kappa shape index (κ3) is 6.99. The lowest BCUT2D eigenvalue weighted by atomic mass is 10.1. The van der Waals surface area contributed by atoms with Crippen molar-refractivity contribution in [1.82, 2.24) is 25.3 Å². The smallest absolute Gasteiger partial charge is 0.416 e. The van der Waals surface area contributed by atoms with Gasteiger partial charge in [0.25, 0.3) is 11.8 Å². The highest BCUT2D eigenvalue weighted by Crippen LogP contribution is 2.37. The van der Waals surface area contributed by atoms with Crippen molar-refractivity contribution in [3.8, 4) is 5.69 Å².